The van der Waals surface area contributed by atoms with Crippen LogP contribution in [0.2, 0.25) is 0 Å². The Hall–Kier alpha value is -1.31. The fourth-order valence-electron chi connectivity index (χ4n) is 1.88. The van der Waals surface area contributed by atoms with E-state index in [1.165, 1.54) is 31.2 Å². The standard InChI is InChI=1S/C13H16F3NO3.ClH/c1-17(7-12(18)19)11(8-20-2)9-4-3-5-10(6-9)13(14,15)16;/h3-6,11H,7-8H2,1-2H3,(H,18,19);1H. The second-order valence-electron chi connectivity index (χ2n) is 4.40. The molecule has 0 saturated heterocycles. The summed E-state index contributed by atoms with van der Waals surface area (Å²) in [5.41, 5.74) is -0.398. The van der Waals surface area contributed by atoms with Gasteiger partial charge >= 0.3 is 12.1 Å². The molecule has 0 amide bonds. The van der Waals surface area contributed by atoms with Crippen LogP contribution in [0.5, 0.6) is 0 Å². The van der Waals surface area contributed by atoms with Gasteiger partial charge in [0.15, 0.2) is 0 Å². The van der Waals surface area contributed by atoms with E-state index >= 15 is 0 Å². The molecule has 21 heavy (non-hydrogen) atoms. The molecular weight excluding hydrogens is 311 g/mol. The quantitative estimate of drug-likeness (QED) is 0.873. The van der Waals surface area contributed by atoms with Crippen molar-refractivity contribution in [2.24, 2.45) is 0 Å². The largest absolute Gasteiger partial charge is 0.480 e. The first-order valence-corrected chi connectivity index (χ1v) is 5.84. The van der Waals surface area contributed by atoms with Gasteiger partial charge in [-0.3, -0.25) is 9.69 Å². The number of nitrogens with zero attached hydrogens (tertiary/aromatic N) is 1. The first-order valence-electron chi connectivity index (χ1n) is 5.84. The zero-order valence-corrected chi connectivity index (χ0v) is 12.4. The predicted octanol–water partition coefficient (Wildman–Crippen LogP) is 2.83. The third-order valence-electron chi connectivity index (χ3n) is 2.84. The summed E-state index contributed by atoms with van der Waals surface area (Å²) in [6, 6.07) is 4.26. The maximum Gasteiger partial charge on any atom is 0.416 e. The molecule has 0 aromatic heterocycles. The maximum absolute atomic E-state index is 12.7. The molecule has 1 aromatic carbocycles. The van der Waals surface area contributed by atoms with Crippen LogP contribution in [0.3, 0.4) is 0 Å². The molecule has 0 radical (unpaired) electrons. The van der Waals surface area contributed by atoms with Gasteiger partial charge in [0.05, 0.1) is 24.8 Å². The highest BCUT2D eigenvalue weighted by atomic mass is 35.5. The number of hydrogen-bond acceptors (Lipinski definition) is 3. The van der Waals surface area contributed by atoms with Gasteiger partial charge in [0, 0.05) is 7.11 Å². The average molecular weight is 328 g/mol. The third kappa shape index (κ3) is 5.91. The maximum atomic E-state index is 12.7. The monoisotopic (exact) mass is 327 g/mol. The predicted molar refractivity (Wildman–Crippen MR) is 73.6 cm³/mol. The van der Waals surface area contributed by atoms with Gasteiger partial charge in [0.1, 0.15) is 0 Å². The highest BCUT2D eigenvalue weighted by molar-refractivity contribution is 5.85. The summed E-state index contributed by atoms with van der Waals surface area (Å²) in [7, 11) is 2.94. The molecule has 1 atom stereocenters. The summed E-state index contributed by atoms with van der Waals surface area (Å²) in [6.07, 6.45) is -4.43. The van der Waals surface area contributed by atoms with E-state index in [1.807, 2.05) is 0 Å². The molecule has 0 heterocycles. The molecule has 0 spiro atoms. The number of aliphatic carboxylic acids is 1. The molecule has 8 heteroatoms. The minimum Gasteiger partial charge on any atom is -0.480 e. The molecule has 120 valence electrons. The first-order chi connectivity index (χ1) is 9.25. The van der Waals surface area contributed by atoms with Gasteiger partial charge in [0.25, 0.3) is 0 Å². The van der Waals surface area contributed by atoms with E-state index in [1.54, 1.807) is 0 Å². The van der Waals surface area contributed by atoms with Gasteiger partial charge in [-0.2, -0.15) is 13.2 Å². The van der Waals surface area contributed by atoms with Gasteiger partial charge in [-0.15, -0.1) is 12.4 Å². The minimum atomic E-state index is -4.43. The average Bonchev–Trinajstić information content (AvgIpc) is 2.34. The number of likely N-dealkylation sites (N-methyl/N-ethyl adjacent to an activating group) is 1. The lowest BCUT2D eigenvalue weighted by Gasteiger charge is -2.27. The molecule has 1 unspecified atom stereocenters. The van der Waals surface area contributed by atoms with Crippen LogP contribution in [-0.4, -0.2) is 43.3 Å². The number of rotatable bonds is 6. The van der Waals surface area contributed by atoms with Crippen molar-refractivity contribution in [1.29, 1.82) is 0 Å². The van der Waals surface area contributed by atoms with Crippen LogP contribution < -0.4 is 0 Å². The molecule has 0 aliphatic heterocycles. The van der Waals surface area contributed by atoms with Gasteiger partial charge in [-0.1, -0.05) is 12.1 Å². The van der Waals surface area contributed by atoms with Crippen molar-refractivity contribution in [3.63, 3.8) is 0 Å². The number of alkyl halides is 3. The molecular formula is C13H17ClF3NO3. The highest BCUT2D eigenvalue weighted by Gasteiger charge is 2.31. The van der Waals surface area contributed by atoms with E-state index in [9.17, 15) is 18.0 Å². The number of carboxylic acids is 1. The first kappa shape index (κ1) is 19.7. The molecule has 0 saturated carbocycles. The van der Waals surface area contributed by atoms with Crippen molar-refractivity contribution in [2.45, 2.75) is 12.2 Å². The Morgan fingerprint density at radius 3 is 2.52 bits per heavy atom. The van der Waals surface area contributed by atoms with Gasteiger partial charge in [-0.05, 0) is 24.7 Å². The lowest BCUT2D eigenvalue weighted by molar-refractivity contribution is -0.139. The van der Waals surface area contributed by atoms with Crippen molar-refractivity contribution in [3.8, 4) is 0 Å². The number of ether oxygens (including phenoxy) is 1. The number of carbonyl (C=O) groups is 1. The molecule has 1 rings (SSSR count). The van der Waals surface area contributed by atoms with Crippen molar-refractivity contribution in [1.82, 2.24) is 4.90 Å². The summed E-state index contributed by atoms with van der Waals surface area (Å²) in [5.74, 6) is -1.06. The van der Waals surface area contributed by atoms with Gasteiger partial charge in [-0.25, -0.2) is 0 Å². The van der Waals surface area contributed by atoms with E-state index in [-0.39, 0.29) is 25.6 Å². The van der Waals surface area contributed by atoms with E-state index in [0.29, 0.717) is 5.56 Å². The number of carboxylic acid groups (broad SMARTS) is 1. The molecule has 0 bridgehead atoms. The number of hydrogen-bond donors (Lipinski definition) is 1. The summed E-state index contributed by atoms with van der Waals surface area (Å²) in [6.45, 7) is -0.185. The van der Waals surface area contributed by atoms with Crippen LogP contribution in [0, 0.1) is 0 Å². The highest BCUT2D eigenvalue weighted by Crippen LogP contribution is 2.31. The topological polar surface area (TPSA) is 49.8 Å². The van der Waals surface area contributed by atoms with Crippen LogP contribution in [0.15, 0.2) is 24.3 Å². The Labute approximate surface area is 126 Å². The van der Waals surface area contributed by atoms with E-state index in [0.717, 1.165) is 12.1 Å². The molecule has 1 aromatic rings. The third-order valence-corrected chi connectivity index (χ3v) is 2.84. The van der Waals surface area contributed by atoms with Crippen molar-refractivity contribution >= 4 is 18.4 Å². The second-order valence-corrected chi connectivity index (χ2v) is 4.40. The zero-order valence-electron chi connectivity index (χ0n) is 11.6. The van der Waals surface area contributed by atoms with Gasteiger partial charge in [0.2, 0.25) is 0 Å². The van der Waals surface area contributed by atoms with Crippen LogP contribution >= 0.6 is 12.4 Å². The Kier molecular flexibility index (Phi) is 7.70. The zero-order chi connectivity index (χ0) is 15.3. The van der Waals surface area contributed by atoms with E-state index in [4.69, 9.17) is 9.84 Å². The smallest absolute Gasteiger partial charge is 0.416 e. The van der Waals surface area contributed by atoms with Crippen LogP contribution in [0.4, 0.5) is 13.2 Å². The Morgan fingerprint density at radius 1 is 1.43 bits per heavy atom. The summed E-state index contributed by atoms with van der Waals surface area (Å²) < 4.78 is 43.0. The van der Waals surface area contributed by atoms with Crippen molar-refractivity contribution in [2.75, 3.05) is 27.3 Å². The fourth-order valence-corrected chi connectivity index (χ4v) is 1.88. The van der Waals surface area contributed by atoms with E-state index in [2.05, 4.69) is 0 Å². The second kappa shape index (κ2) is 8.21. The number of halogens is 4. The fraction of sp³-hybridized carbons (Fsp3) is 0.462. The van der Waals surface area contributed by atoms with Crippen LogP contribution in [0.25, 0.3) is 0 Å². The lowest BCUT2D eigenvalue weighted by atomic mass is 10.0. The molecule has 0 aliphatic rings. The molecule has 1 N–H and O–H groups in total. The molecule has 0 aliphatic carbocycles. The Balaban J connectivity index is 0.00000400. The Bertz CT molecular complexity index is 468. The van der Waals surface area contributed by atoms with E-state index < -0.39 is 23.8 Å². The van der Waals surface area contributed by atoms with Crippen molar-refractivity contribution < 1.29 is 27.8 Å². The lowest BCUT2D eigenvalue weighted by Crippen LogP contribution is -2.32. The number of benzene rings is 1. The number of methoxy groups -OCH3 is 1. The normalized spacial score (nSPS) is 12.9. The molecule has 4 nitrogen and oxygen atoms in total. The molecule has 0 fully saturated rings. The van der Waals surface area contributed by atoms with Gasteiger partial charge < -0.3 is 9.84 Å². The van der Waals surface area contributed by atoms with Crippen LogP contribution in [0.1, 0.15) is 17.2 Å². The summed E-state index contributed by atoms with van der Waals surface area (Å²) in [5, 5.41) is 8.77. The Morgan fingerprint density at radius 2 is 2.05 bits per heavy atom. The summed E-state index contributed by atoms with van der Waals surface area (Å²) >= 11 is 0. The SMILES string of the molecule is COCC(c1cccc(C(F)(F)F)c1)N(C)CC(=O)O.Cl. The minimum absolute atomic E-state index is 0. The van der Waals surface area contributed by atoms with Crippen LogP contribution in [-0.2, 0) is 15.7 Å². The summed E-state index contributed by atoms with van der Waals surface area (Å²) in [4.78, 5) is 12.1. The van der Waals surface area contributed by atoms with Crippen molar-refractivity contribution in [3.05, 3.63) is 35.4 Å².